The average molecular weight is 503 g/mol. The molecule has 0 unspecified atom stereocenters. The van der Waals surface area contributed by atoms with Crippen LogP contribution in [0.5, 0.6) is 5.75 Å². The number of para-hydroxylation sites is 1. The van der Waals surface area contributed by atoms with Crippen molar-refractivity contribution in [1.29, 1.82) is 0 Å². The number of ether oxygens (including phenoxy) is 1. The quantitative estimate of drug-likeness (QED) is 0.207. The van der Waals surface area contributed by atoms with Crippen LogP contribution in [0.4, 0.5) is 0 Å². The fraction of sp³-hybridized carbons (Fsp3) is 0.600. The van der Waals surface area contributed by atoms with Crippen molar-refractivity contribution in [2.24, 2.45) is 10.7 Å². The van der Waals surface area contributed by atoms with E-state index in [1.807, 2.05) is 18.2 Å². The van der Waals surface area contributed by atoms with Gasteiger partial charge in [0, 0.05) is 38.6 Å². The lowest BCUT2D eigenvalue weighted by atomic mass is 10.1. The first kappa shape index (κ1) is 24.5. The zero-order valence-electron chi connectivity index (χ0n) is 16.9. The van der Waals surface area contributed by atoms with E-state index in [0.29, 0.717) is 25.7 Å². The molecular formula is C20H34IN5O2. The minimum absolute atomic E-state index is 0. The summed E-state index contributed by atoms with van der Waals surface area (Å²) >= 11 is 0. The Kier molecular flexibility index (Phi) is 11.9. The normalized spacial score (nSPS) is 15.6. The Morgan fingerprint density at radius 2 is 2.04 bits per heavy atom. The van der Waals surface area contributed by atoms with Gasteiger partial charge in [-0.05, 0) is 38.3 Å². The molecule has 1 aliphatic heterocycles. The summed E-state index contributed by atoms with van der Waals surface area (Å²) in [5, 5.41) is 6.81. The van der Waals surface area contributed by atoms with Crippen LogP contribution in [-0.4, -0.2) is 62.1 Å². The lowest BCUT2D eigenvalue weighted by Crippen LogP contribution is -2.49. The molecule has 0 aliphatic carbocycles. The second-order valence-corrected chi connectivity index (χ2v) is 6.89. The number of carbonyl (C=O) groups is 1. The number of piperidine rings is 1. The minimum Gasteiger partial charge on any atom is -0.493 e. The van der Waals surface area contributed by atoms with Crippen LogP contribution in [0.15, 0.2) is 29.3 Å². The Morgan fingerprint density at radius 3 is 2.68 bits per heavy atom. The molecule has 7 nitrogen and oxygen atoms in total. The zero-order valence-corrected chi connectivity index (χ0v) is 19.3. The number of primary amides is 1. The van der Waals surface area contributed by atoms with E-state index >= 15 is 0 Å². The van der Waals surface area contributed by atoms with Gasteiger partial charge in [-0.2, -0.15) is 0 Å². The SMILES string of the molecule is CCNC(=NCCCOc1ccccc1C)NC1CCN(CC(N)=O)CC1.I. The largest absolute Gasteiger partial charge is 0.493 e. The molecule has 158 valence electrons. The lowest BCUT2D eigenvalue weighted by Gasteiger charge is -2.32. The topological polar surface area (TPSA) is 92.0 Å². The van der Waals surface area contributed by atoms with Crippen molar-refractivity contribution in [3.05, 3.63) is 29.8 Å². The van der Waals surface area contributed by atoms with Crippen LogP contribution in [0.25, 0.3) is 0 Å². The first-order valence-electron chi connectivity index (χ1n) is 9.82. The second-order valence-electron chi connectivity index (χ2n) is 6.89. The van der Waals surface area contributed by atoms with Gasteiger partial charge in [0.15, 0.2) is 5.96 Å². The number of likely N-dealkylation sites (tertiary alicyclic amines) is 1. The summed E-state index contributed by atoms with van der Waals surface area (Å²) in [5.74, 6) is 1.53. The number of rotatable bonds is 9. The van der Waals surface area contributed by atoms with Crippen molar-refractivity contribution in [1.82, 2.24) is 15.5 Å². The molecule has 0 bridgehead atoms. The molecule has 1 heterocycles. The highest BCUT2D eigenvalue weighted by Gasteiger charge is 2.20. The Bertz CT molecular complexity index is 618. The fourth-order valence-electron chi connectivity index (χ4n) is 3.13. The summed E-state index contributed by atoms with van der Waals surface area (Å²) in [5.41, 5.74) is 6.42. The molecule has 1 aromatic carbocycles. The number of hydrogen-bond acceptors (Lipinski definition) is 4. The molecule has 8 heteroatoms. The van der Waals surface area contributed by atoms with Gasteiger partial charge in [0.05, 0.1) is 13.2 Å². The van der Waals surface area contributed by atoms with Crippen LogP contribution in [0.2, 0.25) is 0 Å². The van der Waals surface area contributed by atoms with Gasteiger partial charge < -0.3 is 21.1 Å². The van der Waals surface area contributed by atoms with E-state index in [-0.39, 0.29) is 29.9 Å². The molecule has 1 fully saturated rings. The van der Waals surface area contributed by atoms with Crippen molar-refractivity contribution in [3.63, 3.8) is 0 Å². The molecule has 0 atom stereocenters. The van der Waals surface area contributed by atoms with Gasteiger partial charge in [-0.15, -0.1) is 24.0 Å². The van der Waals surface area contributed by atoms with E-state index in [1.54, 1.807) is 0 Å². The molecule has 28 heavy (non-hydrogen) atoms. The molecule has 0 spiro atoms. The van der Waals surface area contributed by atoms with Gasteiger partial charge >= 0.3 is 0 Å². The van der Waals surface area contributed by atoms with Gasteiger partial charge in [0.25, 0.3) is 0 Å². The highest BCUT2D eigenvalue weighted by molar-refractivity contribution is 14.0. The monoisotopic (exact) mass is 503 g/mol. The Balaban J connectivity index is 0.00000392. The molecule has 1 aromatic rings. The van der Waals surface area contributed by atoms with Crippen molar-refractivity contribution < 1.29 is 9.53 Å². The molecule has 1 saturated heterocycles. The van der Waals surface area contributed by atoms with E-state index < -0.39 is 0 Å². The van der Waals surface area contributed by atoms with Gasteiger partial charge in [0.2, 0.25) is 5.91 Å². The third-order valence-corrected chi connectivity index (χ3v) is 4.58. The van der Waals surface area contributed by atoms with Gasteiger partial charge in [-0.1, -0.05) is 18.2 Å². The first-order valence-corrected chi connectivity index (χ1v) is 9.82. The third kappa shape index (κ3) is 9.09. The molecule has 0 radical (unpaired) electrons. The Hall–Kier alpha value is -1.55. The van der Waals surface area contributed by atoms with Crippen LogP contribution in [0.1, 0.15) is 31.7 Å². The number of amides is 1. The highest BCUT2D eigenvalue weighted by atomic mass is 127. The van der Waals surface area contributed by atoms with Crippen LogP contribution in [-0.2, 0) is 4.79 Å². The van der Waals surface area contributed by atoms with Crippen LogP contribution >= 0.6 is 24.0 Å². The molecule has 1 aliphatic rings. The maximum Gasteiger partial charge on any atom is 0.231 e. The Labute approximate surface area is 185 Å². The van der Waals surface area contributed by atoms with Crippen molar-refractivity contribution in [2.45, 2.75) is 39.2 Å². The highest BCUT2D eigenvalue weighted by Crippen LogP contribution is 2.16. The number of aryl methyl sites for hydroxylation is 1. The molecule has 2 rings (SSSR count). The third-order valence-electron chi connectivity index (χ3n) is 4.58. The minimum atomic E-state index is -0.260. The summed E-state index contributed by atoms with van der Waals surface area (Å²) in [6.07, 6.45) is 2.82. The van der Waals surface area contributed by atoms with Crippen molar-refractivity contribution >= 4 is 35.8 Å². The molecule has 0 saturated carbocycles. The number of halogens is 1. The number of nitrogens with one attached hydrogen (secondary N) is 2. The van der Waals surface area contributed by atoms with E-state index in [2.05, 4.69) is 40.4 Å². The molecule has 4 N–H and O–H groups in total. The van der Waals surface area contributed by atoms with Crippen molar-refractivity contribution in [3.8, 4) is 5.75 Å². The first-order chi connectivity index (χ1) is 13.1. The van der Waals surface area contributed by atoms with Crippen LogP contribution < -0.4 is 21.1 Å². The predicted molar refractivity (Wildman–Crippen MR) is 124 cm³/mol. The smallest absolute Gasteiger partial charge is 0.231 e. The standard InChI is InChI=1S/C20H33N5O2.HI/c1-3-22-20(24-17-9-12-25(13-10-17)15-19(21)26)23-11-6-14-27-18-8-5-4-7-16(18)2;/h4-5,7-8,17H,3,6,9-15H2,1-2H3,(H2,21,26)(H2,22,23,24);1H. The van der Waals surface area contributed by atoms with E-state index in [9.17, 15) is 4.79 Å². The van der Waals surface area contributed by atoms with Crippen LogP contribution in [0, 0.1) is 6.92 Å². The van der Waals surface area contributed by atoms with Gasteiger partial charge in [-0.25, -0.2) is 0 Å². The number of aliphatic imine (C=N–C) groups is 1. The number of hydrogen-bond donors (Lipinski definition) is 3. The summed E-state index contributed by atoms with van der Waals surface area (Å²) in [4.78, 5) is 17.8. The summed E-state index contributed by atoms with van der Waals surface area (Å²) in [6, 6.07) is 8.42. The summed E-state index contributed by atoms with van der Waals surface area (Å²) < 4.78 is 5.82. The van der Waals surface area contributed by atoms with Crippen molar-refractivity contribution in [2.75, 3.05) is 39.3 Å². The zero-order chi connectivity index (χ0) is 19.5. The van der Waals surface area contributed by atoms with Crippen LogP contribution in [0.3, 0.4) is 0 Å². The number of benzene rings is 1. The second kappa shape index (κ2) is 13.6. The molecular weight excluding hydrogens is 469 g/mol. The summed E-state index contributed by atoms with van der Waals surface area (Å²) in [7, 11) is 0. The summed E-state index contributed by atoms with van der Waals surface area (Å²) in [6.45, 7) is 8.41. The lowest BCUT2D eigenvalue weighted by molar-refractivity contribution is -0.119. The molecule has 1 amide bonds. The number of carbonyl (C=O) groups excluding carboxylic acids is 1. The van der Waals surface area contributed by atoms with Gasteiger partial charge in [-0.3, -0.25) is 14.7 Å². The van der Waals surface area contributed by atoms with E-state index in [4.69, 9.17) is 10.5 Å². The number of nitrogens with zero attached hydrogens (tertiary/aromatic N) is 2. The molecule has 0 aromatic heterocycles. The van der Waals surface area contributed by atoms with E-state index in [1.165, 1.54) is 0 Å². The average Bonchev–Trinajstić information content (AvgIpc) is 2.64. The fourth-order valence-corrected chi connectivity index (χ4v) is 3.13. The van der Waals surface area contributed by atoms with E-state index in [0.717, 1.165) is 56.2 Å². The predicted octanol–water partition coefficient (Wildman–Crippen LogP) is 1.89. The Morgan fingerprint density at radius 1 is 1.32 bits per heavy atom. The number of guanidine groups is 1. The maximum atomic E-state index is 11.0. The maximum absolute atomic E-state index is 11.0. The van der Waals surface area contributed by atoms with Gasteiger partial charge in [0.1, 0.15) is 5.75 Å². The number of nitrogens with two attached hydrogens (primary N) is 1.